The fraction of sp³-hybridized carbons (Fsp3) is 0.455. The predicted molar refractivity (Wildman–Crippen MR) is 52.9 cm³/mol. The van der Waals surface area contributed by atoms with Crippen LogP contribution in [0, 0.1) is 12.7 Å². The summed E-state index contributed by atoms with van der Waals surface area (Å²) in [5, 5.41) is 8.98. The van der Waals surface area contributed by atoms with Crippen molar-refractivity contribution in [3.05, 3.63) is 29.6 Å². The van der Waals surface area contributed by atoms with Crippen molar-refractivity contribution in [2.24, 2.45) is 0 Å². The van der Waals surface area contributed by atoms with Gasteiger partial charge in [-0.3, -0.25) is 0 Å². The van der Waals surface area contributed by atoms with E-state index in [1.54, 1.807) is 26.0 Å². The molecule has 2 nitrogen and oxygen atoms in total. The van der Waals surface area contributed by atoms with E-state index in [4.69, 9.17) is 9.84 Å². The number of aryl methyl sites for hydroxylation is 1. The molecule has 0 fully saturated rings. The van der Waals surface area contributed by atoms with Crippen LogP contribution in [-0.2, 0) is 0 Å². The molecule has 1 atom stereocenters. The first-order valence-electron chi connectivity index (χ1n) is 4.66. The second-order valence-corrected chi connectivity index (χ2v) is 3.40. The van der Waals surface area contributed by atoms with Gasteiger partial charge in [0.05, 0.1) is 12.7 Å². The van der Waals surface area contributed by atoms with Gasteiger partial charge in [-0.25, -0.2) is 4.39 Å². The Morgan fingerprint density at radius 3 is 2.79 bits per heavy atom. The summed E-state index contributed by atoms with van der Waals surface area (Å²) < 4.78 is 18.3. The van der Waals surface area contributed by atoms with Gasteiger partial charge < -0.3 is 9.84 Å². The zero-order valence-corrected chi connectivity index (χ0v) is 8.46. The topological polar surface area (TPSA) is 29.5 Å². The number of benzene rings is 1. The third-order valence-corrected chi connectivity index (χ3v) is 1.95. The Morgan fingerprint density at radius 1 is 1.50 bits per heavy atom. The molecule has 1 aromatic rings. The molecule has 0 amide bonds. The van der Waals surface area contributed by atoms with E-state index < -0.39 is 0 Å². The van der Waals surface area contributed by atoms with E-state index >= 15 is 0 Å². The number of halogens is 1. The van der Waals surface area contributed by atoms with Crippen LogP contribution in [0.1, 0.15) is 18.9 Å². The highest BCUT2D eigenvalue weighted by molar-refractivity contribution is 5.27. The van der Waals surface area contributed by atoms with Crippen LogP contribution in [0.4, 0.5) is 4.39 Å². The van der Waals surface area contributed by atoms with Crippen LogP contribution in [-0.4, -0.2) is 17.8 Å². The largest absolute Gasteiger partial charge is 0.493 e. The van der Waals surface area contributed by atoms with Crippen LogP contribution in [0.5, 0.6) is 5.75 Å². The third kappa shape index (κ3) is 3.34. The van der Waals surface area contributed by atoms with Crippen molar-refractivity contribution in [1.29, 1.82) is 0 Å². The number of aliphatic hydroxyl groups excluding tert-OH is 1. The molecule has 0 aliphatic carbocycles. The van der Waals surface area contributed by atoms with Gasteiger partial charge in [-0.05, 0) is 25.5 Å². The van der Waals surface area contributed by atoms with Crippen LogP contribution in [0.2, 0.25) is 0 Å². The Bertz CT molecular complexity index is 297. The van der Waals surface area contributed by atoms with Crippen molar-refractivity contribution in [2.75, 3.05) is 6.61 Å². The maximum absolute atomic E-state index is 13.0. The first-order chi connectivity index (χ1) is 6.59. The van der Waals surface area contributed by atoms with E-state index in [2.05, 4.69) is 0 Å². The molecule has 0 saturated carbocycles. The van der Waals surface area contributed by atoms with Gasteiger partial charge in [0.25, 0.3) is 0 Å². The highest BCUT2D eigenvalue weighted by atomic mass is 19.1. The lowest BCUT2D eigenvalue weighted by Gasteiger charge is -2.08. The molecule has 0 aromatic heterocycles. The Balaban J connectivity index is 2.47. The van der Waals surface area contributed by atoms with Gasteiger partial charge in [-0.2, -0.15) is 0 Å². The van der Waals surface area contributed by atoms with E-state index in [0.717, 1.165) is 0 Å². The molecule has 0 spiro atoms. The van der Waals surface area contributed by atoms with Crippen molar-refractivity contribution < 1.29 is 14.2 Å². The summed E-state index contributed by atoms with van der Waals surface area (Å²) in [6, 6.07) is 4.75. The Hall–Kier alpha value is -1.09. The summed E-state index contributed by atoms with van der Waals surface area (Å²) in [7, 11) is 0. The van der Waals surface area contributed by atoms with Crippen molar-refractivity contribution in [3.63, 3.8) is 0 Å². The quantitative estimate of drug-likeness (QED) is 0.804. The van der Waals surface area contributed by atoms with Crippen molar-refractivity contribution >= 4 is 0 Å². The van der Waals surface area contributed by atoms with Gasteiger partial charge in [-0.1, -0.05) is 6.07 Å². The van der Waals surface area contributed by atoms with Gasteiger partial charge in [0.1, 0.15) is 11.6 Å². The summed E-state index contributed by atoms with van der Waals surface area (Å²) in [5.41, 5.74) is 0.605. The van der Waals surface area contributed by atoms with Gasteiger partial charge in [0, 0.05) is 12.5 Å². The summed E-state index contributed by atoms with van der Waals surface area (Å²) >= 11 is 0. The van der Waals surface area contributed by atoms with Crippen LogP contribution < -0.4 is 4.74 Å². The van der Waals surface area contributed by atoms with Gasteiger partial charge in [-0.15, -0.1) is 0 Å². The molecule has 0 aliphatic heterocycles. The monoisotopic (exact) mass is 198 g/mol. The van der Waals surface area contributed by atoms with E-state index in [0.29, 0.717) is 24.3 Å². The zero-order chi connectivity index (χ0) is 10.6. The molecule has 0 heterocycles. The molecule has 0 saturated heterocycles. The summed E-state index contributed by atoms with van der Waals surface area (Å²) in [6.45, 7) is 3.80. The third-order valence-electron chi connectivity index (χ3n) is 1.95. The molecule has 3 heteroatoms. The molecular formula is C11H15FO2. The lowest BCUT2D eigenvalue weighted by molar-refractivity contribution is 0.155. The maximum Gasteiger partial charge on any atom is 0.129 e. The van der Waals surface area contributed by atoms with Crippen molar-refractivity contribution in [1.82, 2.24) is 0 Å². The van der Waals surface area contributed by atoms with Crippen molar-refractivity contribution in [2.45, 2.75) is 26.4 Å². The summed E-state index contributed by atoms with van der Waals surface area (Å²) in [4.78, 5) is 0. The predicted octanol–water partition coefficient (Wildman–Crippen LogP) is 2.28. The van der Waals surface area contributed by atoms with Crippen LogP contribution in [0.15, 0.2) is 18.2 Å². The Labute approximate surface area is 83.3 Å². The second kappa shape index (κ2) is 4.96. The lowest BCUT2D eigenvalue weighted by atomic mass is 10.2. The molecule has 1 unspecified atom stereocenters. The zero-order valence-electron chi connectivity index (χ0n) is 8.46. The minimum atomic E-state index is -0.384. The first-order valence-corrected chi connectivity index (χ1v) is 4.66. The Kier molecular flexibility index (Phi) is 3.89. The minimum Gasteiger partial charge on any atom is -0.493 e. The van der Waals surface area contributed by atoms with Gasteiger partial charge >= 0.3 is 0 Å². The number of hydrogen-bond donors (Lipinski definition) is 1. The molecule has 0 aliphatic rings. The van der Waals surface area contributed by atoms with E-state index in [-0.39, 0.29) is 11.9 Å². The fourth-order valence-electron chi connectivity index (χ4n) is 1.01. The molecule has 1 rings (SSSR count). The average molecular weight is 198 g/mol. The SMILES string of the molecule is Cc1ccc(OCCC(C)O)cc1F. The highest BCUT2D eigenvalue weighted by Gasteiger charge is 2.01. The number of hydrogen-bond acceptors (Lipinski definition) is 2. The van der Waals surface area contributed by atoms with Crippen molar-refractivity contribution in [3.8, 4) is 5.75 Å². The normalized spacial score (nSPS) is 12.6. The molecular weight excluding hydrogens is 183 g/mol. The van der Waals surface area contributed by atoms with E-state index in [1.165, 1.54) is 6.07 Å². The number of aliphatic hydroxyl groups is 1. The molecule has 14 heavy (non-hydrogen) atoms. The Morgan fingerprint density at radius 2 is 2.21 bits per heavy atom. The maximum atomic E-state index is 13.0. The number of ether oxygens (including phenoxy) is 1. The molecule has 78 valence electrons. The van der Waals surface area contributed by atoms with Crippen LogP contribution in [0.25, 0.3) is 0 Å². The summed E-state index contributed by atoms with van der Waals surface area (Å²) in [5.74, 6) is 0.244. The van der Waals surface area contributed by atoms with Gasteiger partial charge in [0.15, 0.2) is 0 Å². The standard InChI is InChI=1S/C11H15FO2/c1-8-3-4-10(7-11(8)12)14-6-5-9(2)13/h3-4,7,9,13H,5-6H2,1-2H3. The van der Waals surface area contributed by atoms with Gasteiger partial charge in [0.2, 0.25) is 0 Å². The summed E-state index contributed by atoms with van der Waals surface area (Å²) in [6.07, 6.45) is 0.167. The first kappa shape index (κ1) is 11.0. The van der Waals surface area contributed by atoms with E-state index in [1.807, 2.05) is 0 Å². The van der Waals surface area contributed by atoms with Crippen LogP contribution in [0.3, 0.4) is 0 Å². The molecule has 1 aromatic carbocycles. The fourth-order valence-corrected chi connectivity index (χ4v) is 1.01. The number of rotatable bonds is 4. The lowest BCUT2D eigenvalue weighted by Crippen LogP contribution is -2.07. The second-order valence-electron chi connectivity index (χ2n) is 3.40. The molecule has 0 bridgehead atoms. The molecule has 1 N–H and O–H groups in total. The minimum absolute atomic E-state index is 0.264. The van der Waals surface area contributed by atoms with Crippen LogP contribution >= 0.6 is 0 Å². The van der Waals surface area contributed by atoms with E-state index in [9.17, 15) is 4.39 Å². The smallest absolute Gasteiger partial charge is 0.129 e. The highest BCUT2D eigenvalue weighted by Crippen LogP contribution is 2.15. The molecule has 0 radical (unpaired) electrons. The average Bonchev–Trinajstić information content (AvgIpc) is 2.10.